The highest BCUT2D eigenvalue weighted by molar-refractivity contribution is 5.93. The van der Waals surface area contributed by atoms with E-state index in [9.17, 15) is 9.18 Å². The molecule has 0 atom stereocenters. The number of aryl methyl sites for hydroxylation is 2. The molecule has 6 nitrogen and oxygen atoms in total. The molecule has 0 bridgehead atoms. The van der Waals surface area contributed by atoms with Gasteiger partial charge in [0.25, 0.3) is 0 Å². The van der Waals surface area contributed by atoms with Crippen molar-refractivity contribution in [1.82, 2.24) is 9.97 Å². The summed E-state index contributed by atoms with van der Waals surface area (Å²) < 4.78 is 19.0. The summed E-state index contributed by atoms with van der Waals surface area (Å²) in [6.45, 7) is 5.37. The number of carbonyl (C=O) groups excluding carboxylic acids is 1. The molecule has 0 radical (unpaired) electrons. The molecule has 0 saturated carbocycles. The maximum Gasteiger partial charge on any atom is 0.231 e. The highest BCUT2D eigenvalue weighted by Crippen LogP contribution is 2.32. The molecule has 2 aromatic heterocycles. The Hall–Kier alpha value is -2.96. The van der Waals surface area contributed by atoms with Gasteiger partial charge in [-0.1, -0.05) is 6.07 Å². The Morgan fingerprint density at radius 2 is 2.04 bits per heavy atom. The molecule has 0 spiro atoms. The Bertz CT molecular complexity index is 993. The van der Waals surface area contributed by atoms with Gasteiger partial charge in [-0.2, -0.15) is 0 Å². The van der Waals surface area contributed by atoms with Gasteiger partial charge in [0.15, 0.2) is 0 Å². The van der Waals surface area contributed by atoms with Crippen molar-refractivity contribution in [2.45, 2.75) is 26.7 Å². The minimum atomic E-state index is -0.360. The second-order valence-electron chi connectivity index (χ2n) is 6.92. The molecule has 1 aliphatic heterocycles. The molecule has 1 N–H and O–H groups in total. The van der Waals surface area contributed by atoms with E-state index in [4.69, 9.17) is 4.42 Å². The molecular weight excluding hydrogens is 347 g/mol. The van der Waals surface area contributed by atoms with Crippen LogP contribution in [0.3, 0.4) is 0 Å². The average molecular weight is 368 g/mol. The second kappa shape index (κ2) is 6.98. The van der Waals surface area contributed by atoms with Crippen molar-refractivity contribution < 1.29 is 13.6 Å². The number of hydrogen-bond acceptors (Lipinski definition) is 5. The van der Waals surface area contributed by atoms with Crippen molar-refractivity contribution in [1.29, 1.82) is 0 Å². The van der Waals surface area contributed by atoms with Gasteiger partial charge in [0.2, 0.25) is 11.6 Å². The summed E-state index contributed by atoms with van der Waals surface area (Å²) >= 11 is 0. The summed E-state index contributed by atoms with van der Waals surface area (Å²) in [6, 6.07) is 5.96. The number of amides is 1. The first kappa shape index (κ1) is 17.5. The predicted octanol–water partition coefficient (Wildman–Crippen LogP) is 3.83. The minimum Gasteiger partial charge on any atom is -0.443 e. The van der Waals surface area contributed by atoms with Crippen LogP contribution in [0.5, 0.6) is 0 Å². The number of furan rings is 1. The van der Waals surface area contributed by atoms with Crippen LogP contribution < -0.4 is 10.2 Å². The number of fused-ring (bicyclic) bond motifs is 1. The first-order chi connectivity index (χ1) is 13.0. The summed E-state index contributed by atoms with van der Waals surface area (Å²) in [5.41, 5.74) is 2.14. The van der Waals surface area contributed by atoms with E-state index in [2.05, 4.69) is 20.2 Å². The quantitative estimate of drug-likeness (QED) is 0.761. The molecule has 3 aromatic rings. The van der Waals surface area contributed by atoms with Crippen LogP contribution in [0, 0.1) is 25.6 Å². The van der Waals surface area contributed by atoms with Crippen LogP contribution in [0.15, 0.2) is 35.0 Å². The monoisotopic (exact) mass is 368 g/mol. The van der Waals surface area contributed by atoms with Crippen LogP contribution in [0.4, 0.5) is 15.9 Å². The lowest BCUT2D eigenvalue weighted by Gasteiger charge is -2.32. The Morgan fingerprint density at radius 3 is 2.78 bits per heavy atom. The van der Waals surface area contributed by atoms with Gasteiger partial charge in [-0.25, -0.2) is 14.4 Å². The van der Waals surface area contributed by atoms with Gasteiger partial charge < -0.3 is 14.6 Å². The van der Waals surface area contributed by atoms with Gasteiger partial charge in [0, 0.05) is 30.3 Å². The third-order valence-electron chi connectivity index (χ3n) is 5.20. The van der Waals surface area contributed by atoms with E-state index < -0.39 is 0 Å². The van der Waals surface area contributed by atoms with Gasteiger partial charge in [-0.3, -0.25) is 4.79 Å². The molecule has 0 unspecified atom stereocenters. The molecule has 1 aromatic carbocycles. The van der Waals surface area contributed by atoms with E-state index in [1.165, 1.54) is 18.5 Å². The van der Waals surface area contributed by atoms with E-state index in [1.54, 1.807) is 12.1 Å². The fourth-order valence-corrected chi connectivity index (χ4v) is 3.57. The zero-order valence-corrected chi connectivity index (χ0v) is 15.3. The van der Waals surface area contributed by atoms with Gasteiger partial charge in [-0.15, -0.1) is 0 Å². The van der Waals surface area contributed by atoms with Crippen molar-refractivity contribution in [3.63, 3.8) is 0 Å². The lowest BCUT2D eigenvalue weighted by atomic mass is 9.95. The van der Waals surface area contributed by atoms with E-state index in [0.717, 1.165) is 35.6 Å². The molecule has 0 aliphatic carbocycles. The number of halogens is 1. The first-order valence-electron chi connectivity index (χ1n) is 9.05. The van der Waals surface area contributed by atoms with E-state index in [0.29, 0.717) is 24.2 Å². The normalized spacial score (nSPS) is 15.3. The number of anilines is 2. The summed E-state index contributed by atoms with van der Waals surface area (Å²) in [5, 5.41) is 3.75. The molecule has 7 heteroatoms. The van der Waals surface area contributed by atoms with Crippen molar-refractivity contribution in [2.75, 3.05) is 23.3 Å². The molecule has 1 fully saturated rings. The largest absolute Gasteiger partial charge is 0.443 e. The number of nitrogens with one attached hydrogen (secondary N) is 1. The Labute approximate surface area is 156 Å². The summed E-state index contributed by atoms with van der Waals surface area (Å²) in [7, 11) is 0. The van der Waals surface area contributed by atoms with E-state index >= 15 is 0 Å². The van der Waals surface area contributed by atoms with Crippen molar-refractivity contribution in [2.24, 2.45) is 5.92 Å². The van der Waals surface area contributed by atoms with Gasteiger partial charge in [0.05, 0.1) is 5.39 Å². The van der Waals surface area contributed by atoms with Crippen molar-refractivity contribution >= 4 is 28.5 Å². The Morgan fingerprint density at radius 1 is 1.26 bits per heavy atom. The van der Waals surface area contributed by atoms with Gasteiger partial charge in [0.1, 0.15) is 23.7 Å². The zero-order valence-electron chi connectivity index (χ0n) is 15.3. The number of nitrogens with zero attached hydrogens (tertiary/aromatic N) is 3. The fraction of sp³-hybridized carbons (Fsp3) is 0.350. The standard InChI is InChI=1S/C20H21FN4O2/c1-12-13(2)27-20-17(12)18(22-11-23-20)25-8-6-14(7-9-25)19(26)24-16-5-3-4-15(21)10-16/h3-5,10-11,14H,6-9H2,1-2H3,(H,24,26). The SMILES string of the molecule is Cc1oc2ncnc(N3CCC(C(=O)Nc4cccc(F)c4)CC3)c2c1C. The van der Waals surface area contributed by atoms with E-state index in [1.807, 2.05) is 13.8 Å². The molecule has 1 amide bonds. The number of hydrogen-bond donors (Lipinski definition) is 1. The molecule has 140 valence electrons. The van der Waals surface area contributed by atoms with Crippen LogP contribution in [0.2, 0.25) is 0 Å². The Balaban J connectivity index is 1.46. The summed E-state index contributed by atoms with van der Waals surface area (Å²) in [6.07, 6.45) is 2.94. The van der Waals surface area contributed by atoms with Gasteiger partial charge >= 0.3 is 0 Å². The third kappa shape index (κ3) is 3.37. The fourth-order valence-electron chi connectivity index (χ4n) is 3.57. The van der Waals surface area contributed by atoms with Crippen LogP contribution in [-0.2, 0) is 4.79 Å². The summed E-state index contributed by atoms with van der Waals surface area (Å²) in [4.78, 5) is 23.4. The number of benzene rings is 1. The second-order valence-corrected chi connectivity index (χ2v) is 6.92. The molecule has 4 rings (SSSR count). The lowest BCUT2D eigenvalue weighted by molar-refractivity contribution is -0.120. The van der Waals surface area contributed by atoms with Crippen molar-refractivity contribution in [3.05, 3.63) is 47.7 Å². The van der Waals surface area contributed by atoms with Crippen LogP contribution in [0.25, 0.3) is 11.1 Å². The maximum atomic E-state index is 13.3. The van der Waals surface area contributed by atoms with Crippen LogP contribution in [0.1, 0.15) is 24.2 Å². The maximum absolute atomic E-state index is 13.3. The molecular formula is C20H21FN4O2. The van der Waals surface area contributed by atoms with Gasteiger partial charge in [-0.05, 0) is 44.9 Å². The first-order valence-corrected chi connectivity index (χ1v) is 9.05. The highest BCUT2D eigenvalue weighted by atomic mass is 19.1. The zero-order chi connectivity index (χ0) is 19.0. The number of carbonyl (C=O) groups is 1. The lowest BCUT2D eigenvalue weighted by Crippen LogP contribution is -2.38. The molecule has 1 saturated heterocycles. The third-order valence-corrected chi connectivity index (χ3v) is 5.20. The number of aromatic nitrogens is 2. The van der Waals surface area contributed by atoms with Crippen LogP contribution >= 0.6 is 0 Å². The molecule has 3 heterocycles. The van der Waals surface area contributed by atoms with E-state index in [-0.39, 0.29) is 17.6 Å². The highest BCUT2D eigenvalue weighted by Gasteiger charge is 2.27. The average Bonchev–Trinajstić information content (AvgIpc) is 2.96. The topological polar surface area (TPSA) is 71.3 Å². The van der Waals surface area contributed by atoms with Crippen LogP contribution in [-0.4, -0.2) is 29.0 Å². The molecule has 1 aliphatic rings. The smallest absolute Gasteiger partial charge is 0.231 e. The summed E-state index contributed by atoms with van der Waals surface area (Å²) in [5.74, 6) is 1.17. The predicted molar refractivity (Wildman–Crippen MR) is 101 cm³/mol. The minimum absolute atomic E-state index is 0.0663. The number of piperidine rings is 1. The Kier molecular flexibility index (Phi) is 4.51. The number of rotatable bonds is 3. The van der Waals surface area contributed by atoms with Crippen molar-refractivity contribution in [3.8, 4) is 0 Å². The molecule has 27 heavy (non-hydrogen) atoms.